The predicted octanol–water partition coefficient (Wildman–Crippen LogP) is 6.62. The van der Waals surface area contributed by atoms with Gasteiger partial charge in [-0.25, -0.2) is 0 Å². The van der Waals surface area contributed by atoms with E-state index >= 15 is 0 Å². The van der Waals surface area contributed by atoms with Gasteiger partial charge in [-0.3, -0.25) is 0 Å². The molecular formula is C22H22ClNO. The maximum absolute atomic E-state index is 6.53. The number of allylic oxidation sites excluding steroid dienone is 1. The van der Waals surface area contributed by atoms with Gasteiger partial charge >= 0.3 is 0 Å². The van der Waals surface area contributed by atoms with Crippen molar-refractivity contribution < 1.29 is 4.74 Å². The van der Waals surface area contributed by atoms with Gasteiger partial charge < -0.3 is 10.1 Å². The second kappa shape index (κ2) is 5.67. The zero-order valence-electron chi connectivity index (χ0n) is 14.8. The fourth-order valence-electron chi connectivity index (χ4n) is 4.09. The third-order valence-corrected chi connectivity index (χ3v) is 5.21. The molecule has 0 bridgehead atoms. The van der Waals surface area contributed by atoms with E-state index in [-0.39, 0.29) is 11.6 Å². The van der Waals surface area contributed by atoms with E-state index in [0.717, 1.165) is 34.0 Å². The lowest BCUT2D eigenvalue weighted by Crippen LogP contribution is -2.32. The molecule has 0 radical (unpaired) electrons. The van der Waals surface area contributed by atoms with Crippen LogP contribution in [-0.4, -0.2) is 5.54 Å². The van der Waals surface area contributed by atoms with Crippen LogP contribution < -0.4 is 10.1 Å². The van der Waals surface area contributed by atoms with Crippen LogP contribution in [0.2, 0.25) is 5.02 Å². The Kier molecular flexibility index (Phi) is 3.69. The average Bonchev–Trinajstić information content (AvgIpc) is 2.53. The summed E-state index contributed by atoms with van der Waals surface area (Å²) in [5.74, 6) is 0.845. The molecule has 1 N–H and O–H groups in total. The van der Waals surface area contributed by atoms with Crippen molar-refractivity contribution in [2.45, 2.75) is 38.8 Å². The van der Waals surface area contributed by atoms with Crippen molar-refractivity contribution in [3.05, 3.63) is 65.2 Å². The van der Waals surface area contributed by atoms with E-state index in [1.54, 1.807) is 0 Å². The minimum Gasteiger partial charge on any atom is -0.485 e. The highest BCUT2D eigenvalue weighted by molar-refractivity contribution is 6.33. The Morgan fingerprint density at radius 2 is 2.04 bits per heavy atom. The normalized spacial score (nSPS) is 19.5. The van der Waals surface area contributed by atoms with E-state index in [1.165, 1.54) is 16.7 Å². The van der Waals surface area contributed by atoms with Crippen LogP contribution in [0.1, 0.15) is 44.4 Å². The zero-order valence-corrected chi connectivity index (χ0v) is 15.6. The molecule has 128 valence electrons. The zero-order chi connectivity index (χ0) is 17.8. The van der Waals surface area contributed by atoms with Crippen LogP contribution in [0.4, 0.5) is 5.69 Å². The first-order valence-corrected chi connectivity index (χ1v) is 9.00. The number of fused-ring (bicyclic) bond motifs is 5. The molecule has 2 aliphatic heterocycles. The van der Waals surface area contributed by atoms with E-state index in [4.69, 9.17) is 16.3 Å². The number of nitrogens with one attached hydrogen (secondary N) is 1. The van der Waals surface area contributed by atoms with E-state index in [1.807, 2.05) is 24.3 Å². The van der Waals surface area contributed by atoms with E-state index < -0.39 is 0 Å². The van der Waals surface area contributed by atoms with Gasteiger partial charge in [-0.2, -0.15) is 0 Å². The van der Waals surface area contributed by atoms with Crippen molar-refractivity contribution in [2.75, 3.05) is 5.32 Å². The third kappa shape index (κ3) is 2.56. The van der Waals surface area contributed by atoms with E-state index in [0.29, 0.717) is 0 Å². The summed E-state index contributed by atoms with van der Waals surface area (Å²) < 4.78 is 6.34. The minimum atomic E-state index is -0.0651. The summed E-state index contributed by atoms with van der Waals surface area (Å²) >= 11 is 6.53. The lowest BCUT2D eigenvalue weighted by atomic mass is 9.81. The summed E-state index contributed by atoms with van der Waals surface area (Å²) in [5.41, 5.74) is 6.93. The van der Waals surface area contributed by atoms with Gasteiger partial charge in [-0.05, 0) is 50.1 Å². The van der Waals surface area contributed by atoms with Gasteiger partial charge in [-0.15, -0.1) is 6.58 Å². The Morgan fingerprint density at radius 3 is 2.80 bits per heavy atom. The summed E-state index contributed by atoms with van der Waals surface area (Å²) in [6.07, 6.45) is 4.90. The standard InChI is InChI=1S/C22H22ClNO/c1-5-7-17-21-14(20-15(23)8-6-9-18(20)25-17)10-11-16-19(21)13(2)12-22(3,4)24-16/h5-6,8-12,17,24H,1,7H2,2-4H3. The maximum Gasteiger partial charge on any atom is 0.129 e. The van der Waals surface area contributed by atoms with Gasteiger partial charge in [-0.1, -0.05) is 35.9 Å². The molecule has 2 nitrogen and oxygen atoms in total. The molecule has 1 atom stereocenters. The maximum atomic E-state index is 6.53. The summed E-state index contributed by atoms with van der Waals surface area (Å²) in [6.45, 7) is 10.5. The van der Waals surface area contributed by atoms with Crippen LogP contribution >= 0.6 is 11.6 Å². The highest BCUT2D eigenvalue weighted by atomic mass is 35.5. The van der Waals surface area contributed by atoms with Crippen molar-refractivity contribution in [1.29, 1.82) is 0 Å². The van der Waals surface area contributed by atoms with Crippen LogP contribution in [-0.2, 0) is 0 Å². The minimum absolute atomic E-state index is 0.0558. The van der Waals surface area contributed by atoms with Gasteiger partial charge in [0.25, 0.3) is 0 Å². The fraction of sp³-hybridized carbons (Fsp3) is 0.273. The molecule has 0 spiro atoms. The van der Waals surface area contributed by atoms with Gasteiger partial charge in [0.05, 0.1) is 10.6 Å². The smallest absolute Gasteiger partial charge is 0.129 e. The average molecular weight is 352 g/mol. The molecule has 0 saturated heterocycles. The Morgan fingerprint density at radius 1 is 1.24 bits per heavy atom. The van der Waals surface area contributed by atoms with Crippen LogP contribution in [0.3, 0.4) is 0 Å². The molecular weight excluding hydrogens is 330 g/mol. The Balaban J connectivity index is 2.03. The molecule has 4 rings (SSSR count). The second-order valence-electron chi connectivity index (χ2n) is 7.37. The Labute approximate surface area is 154 Å². The summed E-state index contributed by atoms with van der Waals surface area (Å²) in [6, 6.07) is 10.2. The number of rotatable bonds is 2. The quantitative estimate of drug-likeness (QED) is 0.613. The number of hydrogen-bond donors (Lipinski definition) is 1. The molecule has 0 aliphatic carbocycles. The first-order chi connectivity index (χ1) is 11.9. The number of hydrogen-bond acceptors (Lipinski definition) is 2. The summed E-state index contributed by atoms with van der Waals surface area (Å²) in [7, 11) is 0. The number of ether oxygens (including phenoxy) is 1. The molecule has 0 fully saturated rings. The van der Waals surface area contributed by atoms with Crippen molar-refractivity contribution in [2.24, 2.45) is 0 Å². The van der Waals surface area contributed by atoms with Gasteiger partial charge in [0.15, 0.2) is 0 Å². The van der Waals surface area contributed by atoms with Gasteiger partial charge in [0, 0.05) is 28.8 Å². The third-order valence-electron chi connectivity index (χ3n) is 4.89. The molecule has 3 heteroatoms. The molecule has 0 aromatic heterocycles. The Bertz CT molecular complexity index is 910. The molecule has 25 heavy (non-hydrogen) atoms. The molecule has 2 heterocycles. The molecule has 2 aliphatic rings. The molecule has 2 aromatic carbocycles. The van der Waals surface area contributed by atoms with Gasteiger partial charge in [0.1, 0.15) is 11.9 Å². The van der Waals surface area contributed by atoms with Crippen molar-refractivity contribution in [3.8, 4) is 16.9 Å². The van der Waals surface area contributed by atoms with Crippen LogP contribution in [0.15, 0.2) is 49.1 Å². The SMILES string of the molecule is C=CCC1Oc2cccc(Cl)c2-c2ccc3c(c21)C(C)=CC(C)(C)N3. The summed E-state index contributed by atoms with van der Waals surface area (Å²) in [4.78, 5) is 0. The highest BCUT2D eigenvalue weighted by Gasteiger charge is 2.33. The first kappa shape index (κ1) is 16.3. The number of anilines is 1. The largest absolute Gasteiger partial charge is 0.485 e. The first-order valence-electron chi connectivity index (χ1n) is 8.62. The molecule has 0 saturated carbocycles. The van der Waals surface area contributed by atoms with Crippen LogP contribution in [0.25, 0.3) is 16.7 Å². The monoisotopic (exact) mass is 351 g/mol. The highest BCUT2D eigenvalue weighted by Crippen LogP contribution is 2.51. The van der Waals surface area contributed by atoms with Gasteiger partial charge in [0.2, 0.25) is 0 Å². The summed E-state index contributed by atoms with van der Waals surface area (Å²) in [5, 5.41) is 4.35. The van der Waals surface area contributed by atoms with E-state index in [2.05, 4.69) is 50.9 Å². The number of benzene rings is 2. The fourth-order valence-corrected chi connectivity index (χ4v) is 4.36. The van der Waals surface area contributed by atoms with Crippen LogP contribution in [0, 0.1) is 0 Å². The van der Waals surface area contributed by atoms with E-state index in [9.17, 15) is 0 Å². The second-order valence-corrected chi connectivity index (χ2v) is 7.77. The molecule has 0 amide bonds. The van der Waals surface area contributed by atoms with Crippen LogP contribution in [0.5, 0.6) is 5.75 Å². The lowest BCUT2D eigenvalue weighted by molar-refractivity contribution is 0.205. The molecule has 2 aromatic rings. The topological polar surface area (TPSA) is 21.3 Å². The lowest BCUT2D eigenvalue weighted by Gasteiger charge is -2.37. The Hall–Kier alpha value is -2.19. The van der Waals surface area contributed by atoms with Crippen molar-refractivity contribution in [3.63, 3.8) is 0 Å². The van der Waals surface area contributed by atoms with Crippen molar-refractivity contribution >= 4 is 22.9 Å². The molecule has 1 unspecified atom stereocenters. The van der Waals surface area contributed by atoms with Crippen molar-refractivity contribution in [1.82, 2.24) is 0 Å². The number of halogens is 1. The predicted molar refractivity (Wildman–Crippen MR) is 106 cm³/mol.